The minimum absolute atomic E-state index is 0.519. The van der Waals surface area contributed by atoms with E-state index in [0.717, 1.165) is 81.4 Å². The highest BCUT2D eigenvalue weighted by Crippen LogP contribution is 2.46. The van der Waals surface area contributed by atoms with Crippen LogP contribution < -0.4 is 0 Å². The van der Waals surface area contributed by atoms with Gasteiger partial charge in [0.2, 0.25) is 0 Å². The normalized spacial score (nSPS) is 13.5. The molecule has 0 fully saturated rings. The van der Waals surface area contributed by atoms with Crippen molar-refractivity contribution in [2.24, 2.45) is 0 Å². The van der Waals surface area contributed by atoms with Crippen molar-refractivity contribution in [1.29, 1.82) is 0 Å². The number of furan rings is 1. The average Bonchev–Trinajstić information content (AvgIpc) is 3.75. The molecule has 1 atom stereocenters. The first-order valence-corrected chi connectivity index (χ1v) is 18.7. The molecular weight excluding hydrogens is 671 g/mol. The minimum Gasteiger partial charge on any atom is -0.455 e. The molecule has 248 valence electrons. The van der Waals surface area contributed by atoms with Crippen LogP contribution in [0.25, 0.3) is 99.9 Å². The fourth-order valence-corrected chi connectivity index (χ4v) is 9.21. The second kappa shape index (κ2) is 11.6. The first kappa shape index (κ1) is 29.9. The van der Waals surface area contributed by atoms with Crippen LogP contribution in [0.1, 0.15) is 0 Å². The molecule has 1 unspecified atom stereocenters. The summed E-state index contributed by atoms with van der Waals surface area (Å²) in [6.45, 7) is 0. The first-order valence-electron chi connectivity index (χ1n) is 17.5. The largest absolute Gasteiger partial charge is 0.455 e. The number of aromatic nitrogens is 3. The van der Waals surface area contributed by atoms with Gasteiger partial charge in [0, 0.05) is 44.2 Å². The molecule has 0 aliphatic carbocycles. The van der Waals surface area contributed by atoms with Crippen LogP contribution in [-0.4, -0.2) is 19.2 Å². The topological polar surface area (TPSA) is 68.9 Å². The number of para-hydroxylation sites is 1. The molecule has 0 bridgehead atoms. The Labute approximate surface area is 306 Å². The zero-order chi connectivity index (χ0) is 35.0. The predicted molar refractivity (Wildman–Crippen MR) is 214 cm³/mol. The van der Waals surface area contributed by atoms with Gasteiger partial charge in [-0.3, -0.25) is 0 Å². The Morgan fingerprint density at radius 3 is 1.81 bits per heavy atom. The molecule has 0 saturated carbocycles. The van der Waals surface area contributed by atoms with E-state index in [1.165, 1.54) is 10.8 Å². The molecule has 0 amide bonds. The molecule has 6 heteroatoms. The quantitative estimate of drug-likeness (QED) is 0.183. The van der Waals surface area contributed by atoms with Crippen LogP contribution in [0, 0.1) is 0 Å². The molecule has 1 aliphatic rings. The average molecular weight is 698 g/mol. The van der Waals surface area contributed by atoms with Crippen molar-refractivity contribution >= 4 is 54.3 Å². The third kappa shape index (κ3) is 4.69. The van der Waals surface area contributed by atoms with Gasteiger partial charge in [-0.2, -0.15) is 0 Å². The van der Waals surface area contributed by atoms with Gasteiger partial charge in [0.15, 0.2) is 17.5 Å². The third-order valence-corrected chi connectivity index (χ3v) is 11.8. The van der Waals surface area contributed by atoms with Gasteiger partial charge in [-0.15, -0.1) is 0 Å². The second-order valence-electron chi connectivity index (χ2n) is 13.3. The lowest BCUT2D eigenvalue weighted by Gasteiger charge is -2.12. The van der Waals surface area contributed by atoms with Gasteiger partial charge in [0.25, 0.3) is 0 Å². The van der Waals surface area contributed by atoms with Gasteiger partial charge in [-0.25, -0.2) is 19.2 Å². The van der Waals surface area contributed by atoms with Crippen LogP contribution in [0.5, 0.6) is 0 Å². The summed E-state index contributed by atoms with van der Waals surface area (Å²) >= 11 is 0. The monoisotopic (exact) mass is 697 g/mol. The van der Waals surface area contributed by atoms with Crippen molar-refractivity contribution < 1.29 is 8.63 Å². The summed E-state index contributed by atoms with van der Waals surface area (Å²) in [5.41, 5.74) is 8.06. The number of fused-ring (bicyclic) bond motifs is 8. The van der Waals surface area contributed by atoms with E-state index in [9.17, 15) is 4.21 Å². The molecule has 0 saturated heterocycles. The van der Waals surface area contributed by atoms with Crippen molar-refractivity contribution in [2.45, 2.75) is 9.79 Å². The van der Waals surface area contributed by atoms with E-state index >= 15 is 0 Å². The van der Waals surface area contributed by atoms with E-state index in [4.69, 9.17) is 19.4 Å². The second-order valence-corrected chi connectivity index (χ2v) is 14.8. The van der Waals surface area contributed by atoms with E-state index in [2.05, 4.69) is 97.1 Å². The Morgan fingerprint density at radius 2 is 1.00 bits per heavy atom. The Balaban J connectivity index is 1.16. The van der Waals surface area contributed by atoms with E-state index in [1.807, 2.05) is 66.7 Å². The van der Waals surface area contributed by atoms with Crippen molar-refractivity contribution in [3.8, 4) is 56.4 Å². The van der Waals surface area contributed by atoms with Gasteiger partial charge in [0.05, 0.1) is 20.6 Å². The van der Waals surface area contributed by atoms with Crippen LogP contribution in [0.4, 0.5) is 0 Å². The summed E-state index contributed by atoms with van der Waals surface area (Å²) in [5, 5.41) is 6.54. The van der Waals surface area contributed by atoms with Crippen LogP contribution in [-0.2, 0) is 10.8 Å². The Hall–Kier alpha value is -6.76. The predicted octanol–water partition coefficient (Wildman–Crippen LogP) is 11.9. The van der Waals surface area contributed by atoms with Crippen LogP contribution in [0.2, 0.25) is 0 Å². The van der Waals surface area contributed by atoms with E-state index < -0.39 is 10.8 Å². The molecule has 11 rings (SSSR count). The molecule has 0 radical (unpaired) electrons. The summed E-state index contributed by atoms with van der Waals surface area (Å²) in [6.07, 6.45) is 0. The number of benzene rings is 8. The van der Waals surface area contributed by atoms with Crippen molar-refractivity contribution in [2.75, 3.05) is 0 Å². The van der Waals surface area contributed by atoms with Crippen LogP contribution >= 0.6 is 0 Å². The third-order valence-electron chi connectivity index (χ3n) is 10.3. The number of hydrogen-bond acceptors (Lipinski definition) is 5. The molecule has 0 spiro atoms. The summed E-state index contributed by atoms with van der Waals surface area (Å²) in [7, 11) is -1.29. The SMILES string of the molecule is O=S1c2ccccc2-c2c(-c3nc(-c4ccc5ccccc5c4)nc(-c4cccc5oc6c(-c7ccc8ccccc8c7)cccc6c45)n3)cccc21. The number of nitrogens with zero attached hydrogens (tertiary/aromatic N) is 3. The highest BCUT2D eigenvalue weighted by Gasteiger charge is 2.29. The maximum absolute atomic E-state index is 13.7. The maximum Gasteiger partial charge on any atom is 0.164 e. The molecule has 5 nitrogen and oxygen atoms in total. The fourth-order valence-electron chi connectivity index (χ4n) is 7.80. The lowest BCUT2D eigenvalue weighted by Crippen LogP contribution is -2.01. The van der Waals surface area contributed by atoms with E-state index in [1.54, 1.807) is 0 Å². The summed E-state index contributed by atoms with van der Waals surface area (Å²) in [4.78, 5) is 17.1. The van der Waals surface area contributed by atoms with Gasteiger partial charge >= 0.3 is 0 Å². The molecule has 53 heavy (non-hydrogen) atoms. The van der Waals surface area contributed by atoms with Crippen molar-refractivity contribution in [3.63, 3.8) is 0 Å². The maximum atomic E-state index is 13.7. The Bertz CT molecular complexity index is 3170. The molecule has 2 aromatic heterocycles. The molecule has 3 heterocycles. The molecule has 1 aliphatic heterocycles. The zero-order valence-corrected chi connectivity index (χ0v) is 29.0. The summed E-state index contributed by atoms with van der Waals surface area (Å²) < 4.78 is 20.4. The van der Waals surface area contributed by atoms with Crippen molar-refractivity contribution in [3.05, 3.63) is 164 Å². The van der Waals surface area contributed by atoms with Gasteiger partial charge in [-0.05, 0) is 57.4 Å². The fraction of sp³-hybridized carbons (Fsp3) is 0. The minimum atomic E-state index is -1.29. The van der Waals surface area contributed by atoms with Gasteiger partial charge in [0.1, 0.15) is 11.2 Å². The van der Waals surface area contributed by atoms with Crippen molar-refractivity contribution in [1.82, 2.24) is 15.0 Å². The highest BCUT2D eigenvalue weighted by atomic mass is 32.2. The molecule has 10 aromatic rings. The van der Waals surface area contributed by atoms with E-state index in [0.29, 0.717) is 17.5 Å². The van der Waals surface area contributed by atoms with Crippen LogP contribution in [0.15, 0.2) is 178 Å². The highest BCUT2D eigenvalue weighted by molar-refractivity contribution is 7.85. The summed E-state index contributed by atoms with van der Waals surface area (Å²) in [5.74, 6) is 1.61. The standard InChI is InChI=1S/C47H27N3O2S/c51-53-40-20-6-5-14-35(40)43-38(18-9-21-41(43)53)47-49-45(33-25-23-29-11-2-4-13-31(29)27-33)48-46(50-47)37-17-8-19-39-42(37)36-16-7-15-34(44(36)52-39)32-24-22-28-10-1-3-12-30(28)26-32/h1-27H. The molecule has 8 aromatic carbocycles. The zero-order valence-electron chi connectivity index (χ0n) is 28.2. The lowest BCUT2D eigenvalue weighted by atomic mass is 9.98. The van der Waals surface area contributed by atoms with Gasteiger partial charge in [-0.1, -0.05) is 133 Å². The Morgan fingerprint density at radius 1 is 0.434 bits per heavy atom. The van der Waals surface area contributed by atoms with E-state index in [-0.39, 0.29) is 0 Å². The smallest absolute Gasteiger partial charge is 0.164 e. The number of hydrogen-bond donors (Lipinski definition) is 0. The molecule has 0 N–H and O–H groups in total. The molecular formula is C47H27N3O2S. The lowest BCUT2D eigenvalue weighted by molar-refractivity contribution is 0.670. The van der Waals surface area contributed by atoms with Gasteiger partial charge < -0.3 is 4.42 Å². The number of rotatable bonds is 4. The Kier molecular flexibility index (Phi) is 6.57. The first-order chi connectivity index (χ1) is 26.2. The summed E-state index contributed by atoms with van der Waals surface area (Å²) in [6, 6.07) is 55.7. The van der Waals surface area contributed by atoms with Crippen LogP contribution in [0.3, 0.4) is 0 Å².